The van der Waals surface area contributed by atoms with Gasteiger partial charge in [-0.05, 0) is 54.9 Å². The van der Waals surface area contributed by atoms with E-state index in [9.17, 15) is 0 Å². The van der Waals surface area contributed by atoms with Crippen molar-refractivity contribution in [3.63, 3.8) is 0 Å². The van der Waals surface area contributed by atoms with Gasteiger partial charge in [0.2, 0.25) is 0 Å². The molecule has 0 aromatic rings. The normalized spacial score (nSPS) is 14.8. The molecule has 122 valence electrons. The highest BCUT2D eigenvalue weighted by molar-refractivity contribution is 4.90. The van der Waals surface area contributed by atoms with Crippen molar-refractivity contribution < 1.29 is 0 Å². The molecule has 1 atom stereocenters. The summed E-state index contributed by atoms with van der Waals surface area (Å²) in [4.78, 5) is 2.69. The van der Waals surface area contributed by atoms with Gasteiger partial charge in [-0.3, -0.25) is 4.90 Å². The van der Waals surface area contributed by atoms with Crippen LogP contribution in [0.3, 0.4) is 0 Å². The number of hydrogen-bond acceptors (Lipinski definition) is 1. The maximum atomic E-state index is 2.69. The van der Waals surface area contributed by atoms with E-state index < -0.39 is 0 Å². The van der Waals surface area contributed by atoms with E-state index in [0.717, 1.165) is 0 Å². The minimum absolute atomic E-state index is 0.249. The van der Waals surface area contributed by atoms with Gasteiger partial charge in [0.25, 0.3) is 0 Å². The average Bonchev–Trinajstić information content (AvgIpc) is 2.23. The summed E-state index contributed by atoms with van der Waals surface area (Å²) in [5.74, 6) is 0. The second kappa shape index (κ2) is 9.07. The Kier molecular flexibility index (Phi) is 9.06. The third-order valence-corrected chi connectivity index (χ3v) is 4.11. The van der Waals surface area contributed by atoms with Crippen LogP contribution < -0.4 is 0 Å². The van der Waals surface area contributed by atoms with Crippen molar-refractivity contribution in [2.75, 3.05) is 0 Å². The fourth-order valence-corrected chi connectivity index (χ4v) is 3.85. The van der Waals surface area contributed by atoms with Crippen LogP contribution in [0.5, 0.6) is 0 Å². The van der Waals surface area contributed by atoms with E-state index in [-0.39, 0.29) is 11.1 Å². The van der Waals surface area contributed by atoms with Crippen LogP contribution in [0.4, 0.5) is 0 Å². The maximum absolute atomic E-state index is 2.69. The molecule has 1 nitrogen and oxygen atoms in total. The topological polar surface area (TPSA) is 3.24 Å². The van der Waals surface area contributed by atoms with Crippen molar-refractivity contribution in [1.29, 1.82) is 0 Å². The first-order valence-electron chi connectivity index (χ1n) is 8.90. The highest BCUT2D eigenvalue weighted by atomic mass is 15.3. The van der Waals surface area contributed by atoms with Gasteiger partial charge in [0.05, 0.1) is 0 Å². The summed E-state index contributed by atoms with van der Waals surface area (Å²) in [5.41, 5.74) is 0.498. The fraction of sp³-hybridized carbons (Fsp3) is 1.00. The van der Waals surface area contributed by atoms with Gasteiger partial charge in [-0.2, -0.15) is 0 Å². The van der Waals surface area contributed by atoms with E-state index in [1.807, 2.05) is 0 Å². The van der Waals surface area contributed by atoms with Gasteiger partial charge in [-0.1, -0.05) is 51.9 Å². The van der Waals surface area contributed by atoms with Gasteiger partial charge in [-0.25, -0.2) is 0 Å². The second-order valence-corrected chi connectivity index (χ2v) is 8.47. The van der Waals surface area contributed by atoms with Gasteiger partial charge >= 0.3 is 0 Å². The van der Waals surface area contributed by atoms with Crippen molar-refractivity contribution in [3.8, 4) is 0 Å². The summed E-state index contributed by atoms with van der Waals surface area (Å²) in [7, 11) is 0. The molecule has 1 unspecified atom stereocenters. The zero-order valence-corrected chi connectivity index (χ0v) is 15.7. The molecule has 0 N–H and O–H groups in total. The summed E-state index contributed by atoms with van der Waals surface area (Å²) in [5, 5.41) is 0. The zero-order valence-electron chi connectivity index (χ0n) is 15.7. The van der Waals surface area contributed by atoms with E-state index in [1.54, 1.807) is 0 Å². The number of nitrogens with zero attached hydrogens (tertiary/aromatic N) is 1. The van der Waals surface area contributed by atoms with E-state index in [2.05, 4.69) is 60.3 Å². The summed E-state index contributed by atoms with van der Waals surface area (Å²) < 4.78 is 0. The molecule has 20 heavy (non-hydrogen) atoms. The molecule has 0 amide bonds. The molecule has 0 bridgehead atoms. The molecule has 0 aromatic heterocycles. The lowest BCUT2D eigenvalue weighted by Crippen LogP contribution is -2.56. The van der Waals surface area contributed by atoms with Crippen molar-refractivity contribution in [3.05, 3.63) is 0 Å². The Labute approximate surface area is 129 Å². The molecule has 0 aliphatic carbocycles. The zero-order chi connectivity index (χ0) is 15.8. The van der Waals surface area contributed by atoms with Gasteiger partial charge in [-0.15, -0.1) is 0 Å². The third kappa shape index (κ3) is 8.29. The Morgan fingerprint density at radius 3 is 1.50 bits per heavy atom. The van der Waals surface area contributed by atoms with Crippen molar-refractivity contribution in [2.24, 2.45) is 0 Å². The van der Waals surface area contributed by atoms with Crippen LogP contribution >= 0.6 is 0 Å². The predicted molar refractivity (Wildman–Crippen MR) is 93.4 cm³/mol. The molecular formula is C19H41N. The quantitative estimate of drug-likeness (QED) is 0.442. The summed E-state index contributed by atoms with van der Waals surface area (Å²) in [6, 6.07) is 0.672. The summed E-state index contributed by atoms with van der Waals surface area (Å²) >= 11 is 0. The van der Waals surface area contributed by atoms with Crippen molar-refractivity contribution in [2.45, 2.75) is 124 Å². The second-order valence-electron chi connectivity index (χ2n) is 8.47. The van der Waals surface area contributed by atoms with Gasteiger partial charge < -0.3 is 0 Å². The largest absolute Gasteiger partial charge is 0.291 e. The van der Waals surface area contributed by atoms with Crippen LogP contribution in [0.15, 0.2) is 0 Å². The Hall–Kier alpha value is -0.0400. The fourth-order valence-electron chi connectivity index (χ4n) is 3.85. The minimum Gasteiger partial charge on any atom is -0.291 e. The Bertz CT molecular complexity index is 217. The van der Waals surface area contributed by atoms with Crippen LogP contribution in [-0.4, -0.2) is 22.0 Å². The Balaban J connectivity index is 4.07. The van der Waals surface area contributed by atoms with Gasteiger partial charge in [0.15, 0.2) is 0 Å². The molecule has 1 heteroatoms. The van der Waals surface area contributed by atoms with E-state index >= 15 is 0 Å². The maximum Gasteiger partial charge on any atom is 0.0133 e. The van der Waals surface area contributed by atoms with E-state index in [4.69, 9.17) is 0 Å². The molecule has 0 spiro atoms. The van der Waals surface area contributed by atoms with Crippen LogP contribution in [0.2, 0.25) is 0 Å². The molecule has 0 rings (SSSR count). The van der Waals surface area contributed by atoms with Gasteiger partial charge in [0.1, 0.15) is 0 Å². The lowest BCUT2D eigenvalue weighted by molar-refractivity contribution is -0.00257. The van der Waals surface area contributed by atoms with Crippen LogP contribution in [0.1, 0.15) is 107 Å². The lowest BCUT2D eigenvalue weighted by atomic mass is 9.91. The SMILES string of the molecule is CCCCCCCCCC(C)N(C(C)(C)C)C(C)(C)C. The first kappa shape index (κ1) is 20.0. The molecule has 0 heterocycles. The highest BCUT2D eigenvalue weighted by Gasteiger charge is 2.34. The van der Waals surface area contributed by atoms with E-state index in [0.29, 0.717) is 6.04 Å². The van der Waals surface area contributed by atoms with E-state index in [1.165, 1.54) is 51.4 Å². The first-order chi connectivity index (χ1) is 9.10. The number of rotatable bonds is 9. The molecule has 0 saturated carbocycles. The monoisotopic (exact) mass is 283 g/mol. The van der Waals surface area contributed by atoms with Crippen LogP contribution in [0, 0.1) is 0 Å². The first-order valence-corrected chi connectivity index (χ1v) is 8.90. The standard InChI is InChI=1S/C19H41N/c1-9-10-11-12-13-14-15-16-17(2)20(18(3,4)5)19(6,7)8/h17H,9-16H2,1-8H3. The Morgan fingerprint density at radius 2 is 1.10 bits per heavy atom. The number of unbranched alkanes of at least 4 members (excludes halogenated alkanes) is 6. The highest BCUT2D eigenvalue weighted by Crippen LogP contribution is 2.29. The molecule has 0 aliphatic rings. The van der Waals surface area contributed by atoms with Crippen LogP contribution in [0.25, 0.3) is 0 Å². The smallest absolute Gasteiger partial charge is 0.0133 e. The molecule has 0 saturated heterocycles. The molecule has 0 fully saturated rings. The molecular weight excluding hydrogens is 242 g/mol. The Morgan fingerprint density at radius 1 is 0.700 bits per heavy atom. The minimum atomic E-state index is 0.249. The molecule has 0 radical (unpaired) electrons. The summed E-state index contributed by atoms with van der Waals surface area (Å²) in [6.45, 7) is 18.8. The lowest BCUT2D eigenvalue weighted by Gasteiger charge is -2.49. The predicted octanol–water partition coefficient (Wildman–Crippen LogP) is 6.41. The average molecular weight is 284 g/mol. The van der Waals surface area contributed by atoms with Crippen LogP contribution in [-0.2, 0) is 0 Å². The number of hydrogen-bond donors (Lipinski definition) is 0. The summed E-state index contributed by atoms with van der Waals surface area (Å²) in [6.07, 6.45) is 11.2. The van der Waals surface area contributed by atoms with Crippen molar-refractivity contribution >= 4 is 0 Å². The van der Waals surface area contributed by atoms with Crippen molar-refractivity contribution in [1.82, 2.24) is 4.90 Å². The van der Waals surface area contributed by atoms with Gasteiger partial charge in [0, 0.05) is 17.1 Å². The third-order valence-electron chi connectivity index (χ3n) is 4.11. The molecule has 0 aromatic carbocycles. The molecule has 0 aliphatic heterocycles.